The lowest BCUT2D eigenvalue weighted by molar-refractivity contribution is -0.142. The van der Waals surface area contributed by atoms with Gasteiger partial charge in [0.25, 0.3) is 0 Å². The molecule has 2 amide bonds. The van der Waals surface area contributed by atoms with E-state index in [4.69, 9.17) is 4.74 Å². The van der Waals surface area contributed by atoms with Crippen molar-refractivity contribution in [2.45, 2.75) is 32.7 Å². The maximum Gasteiger partial charge on any atom is 0.435 e. The molecule has 0 aliphatic carbocycles. The van der Waals surface area contributed by atoms with Crippen LogP contribution in [0, 0.1) is 6.92 Å². The van der Waals surface area contributed by atoms with Crippen molar-refractivity contribution in [1.29, 1.82) is 0 Å². The quantitative estimate of drug-likeness (QED) is 0.485. The molecular weight excluding hydrogens is 484 g/mol. The second-order valence-corrected chi connectivity index (χ2v) is 7.25. The van der Waals surface area contributed by atoms with E-state index < -0.39 is 29.8 Å². The van der Waals surface area contributed by atoms with E-state index in [2.05, 4.69) is 30.9 Å². The summed E-state index contributed by atoms with van der Waals surface area (Å²) in [7, 11) is 1.34. The standard InChI is InChI=1S/C20H19F6N7O2/c1-4-35-15-7-11(6-14(29-15)19(21,22)23)28-18(34)27-8-12-5-10(2)16(31-30-12)13-9-33(3)32-17(13)20(24,25)26/h5-7,9H,4,8H2,1-3H3,(H2,27,28,29,34). The number of anilines is 1. The highest BCUT2D eigenvalue weighted by molar-refractivity contribution is 5.89. The average molecular weight is 503 g/mol. The Morgan fingerprint density at radius 1 is 1.09 bits per heavy atom. The molecule has 3 aromatic heterocycles. The number of hydrogen-bond donors (Lipinski definition) is 2. The van der Waals surface area contributed by atoms with Crippen molar-refractivity contribution in [1.82, 2.24) is 30.3 Å². The molecule has 0 aliphatic heterocycles. The fourth-order valence-electron chi connectivity index (χ4n) is 3.05. The van der Waals surface area contributed by atoms with Crippen molar-refractivity contribution in [3.8, 4) is 17.1 Å². The molecule has 35 heavy (non-hydrogen) atoms. The fraction of sp³-hybridized carbons (Fsp3) is 0.350. The number of nitrogens with one attached hydrogen (secondary N) is 2. The van der Waals surface area contributed by atoms with Crippen molar-refractivity contribution < 1.29 is 35.9 Å². The lowest BCUT2D eigenvalue weighted by atomic mass is 10.1. The number of pyridine rings is 1. The zero-order valence-corrected chi connectivity index (χ0v) is 18.5. The predicted molar refractivity (Wildman–Crippen MR) is 110 cm³/mol. The number of aryl methyl sites for hydroxylation is 2. The Hall–Kier alpha value is -3.91. The van der Waals surface area contributed by atoms with Gasteiger partial charge in [0.05, 0.1) is 30.1 Å². The van der Waals surface area contributed by atoms with Gasteiger partial charge in [-0.05, 0) is 31.5 Å². The van der Waals surface area contributed by atoms with Gasteiger partial charge in [-0.1, -0.05) is 0 Å². The minimum atomic E-state index is -4.75. The van der Waals surface area contributed by atoms with Crippen LogP contribution in [0.1, 0.15) is 29.6 Å². The summed E-state index contributed by atoms with van der Waals surface area (Å²) < 4.78 is 84.9. The third kappa shape index (κ3) is 6.36. The average Bonchev–Trinajstić information content (AvgIpc) is 3.14. The molecule has 3 heterocycles. The number of hydrogen-bond acceptors (Lipinski definition) is 6. The Kier molecular flexibility index (Phi) is 7.17. The molecule has 0 bridgehead atoms. The fourth-order valence-corrected chi connectivity index (χ4v) is 3.05. The lowest BCUT2D eigenvalue weighted by Crippen LogP contribution is -2.29. The molecule has 2 N–H and O–H groups in total. The molecule has 0 saturated heterocycles. The molecule has 0 fully saturated rings. The zero-order chi connectivity index (χ0) is 26.0. The summed E-state index contributed by atoms with van der Waals surface area (Å²) in [6, 6.07) is 2.34. The summed E-state index contributed by atoms with van der Waals surface area (Å²) in [6.07, 6.45) is -8.27. The van der Waals surface area contributed by atoms with E-state index in [1.165, 1.54) is 26.2 Å². The van der Waals surface area contributed by atoms with Gasteiger partial charge in [-0.2, -0.15) is 36.5 Å². The number of amides is 2. The summed E-state index contributed by atoms with van der Waals surface area (Å²) >= 11 is 0. The van der Waals surface area contributed by atoms with E-state index in [9.17, 15) is 31.1 Å². The van der Waals surface area contributed by atoms with E-state index >= 15 is 0 Å². The van der Waals surface area contributed by atoms with Crippen molar-refractivity contribution in [2.24, 2.45) is 7.05 Å². The number of carbonyl (C=O) groups excluding carboxylic acids is 1. The van der Waals surface area contributed by atoms with E-state index in [-0.39, 0.29) is 41.7 Å². The Balaban J connectivity index is 1.72. The van der Waals surface area contributed by atoms with Gasteiger partial charge in [-0.25, -0.2) is 9.78 Å². The Bertz CT molecular complexity index is 1220. The Morgan fingerprint density at radius 2 is 1.80 bits per heavy atom. The number of carbonyl (C=O) groups is 1. The number of rotatable bonds is 6. The van der Waals surface area contributed by atoms with Crippen LogP contribution in [0.15, 0.2) is 24.4 Å². The van der Waals surface area contributed by atoms with Crippen LogP contribution in [0.25, 0.3) is 11.3 Å². The molecule has 15 heteroatoms. The minimum Gasteiger partial charge on any atom is -0.478 e. The first-order chi connectivity index (χ1) is 16.3. The zero-order valence-electron chi connectivity index (χ0n) is 18.5. The maximum absolute atomic E-state index is 13.3. The van der Waals surface area contributed by atoms with E-state index in [1.54, 1.807) is 6.92 Å². The number of nitrogens with zero attached hydrogens (tertiary/aromatic N) is 5. The van der Waals surface area contributed by atoms with Crippen molar-refractivity contribution in [3.05, 3.63) is 47.0 Å². The first kappa shape index (κ1) is 25.7. The highest BCUT2D eigenvalue weighted by Gasteiger charge is 2.38. The molecule has 0 atom stereocenters. The maximum atomic E-state index is 13.3. The van der Waals surface area contributed by atoms with Gasteiger partial charge >= 0.3 is 18.4 Å². The third-order valence-corrected chi connectivity index (χ3v) is 4.46. The van der Waals surface area contributed by atoms with Gasteiger partial charge in [0.1, 0.15) is 0 Å². The van der Waals surface area contributed by atoms with Gasteiger partial charge in [-0.15, -0.1) is 5.10 Å². The molecule has 0 unspecified atom stereocenters. The molecule has 9 nitrogen and oxygen atoms in total. The normalized spacial score (nSPS) is 11.9. The first-order valence-electron chi connectivity index (χ1n) is 9.99. The molecule has 3 rings (SSSR count). The molecule has 0 spiro atoms. The van der Waals surface area contributed by atoms with Crippen LogP contribution in [0.4, 0.5) is 36.8 Å². The second kappa shape index (κ2) is 9.76. The molecule has 3 aromatic rings. The van der Waals surface area contributed by atoms with Crippen LogP contribution in [0.2, 0.25) is 0 Å². The van der Waals surface area contributed by atoms with Gasteiger partial charge in [0, 0.05) is 25.0 Å². The van der Waals surface area contributed by atoms with Gasteiger partial charge in [0.2, 0.25) is 5.88 Å². The van der Waals surface area contributed by atoms with Crippen LogP contribution < -0.4 is 15.4 Å². The summed E-state index contributed by atoms with van der Waals surface area (Å²) in [4.78, 5) is 15.5. The van der Waals surface area contributed by atoms with Crippen molar-refractivity contribution >= 4 is 11.7 Å². The van der Waals surface area contributed by atoms with Crippen LogP contribution >= 0.6 is 0 Å². The summed E-state index contributed by atoms with van der Waals surface area (Å²) in [5.41, 5.74) is -2.28. The highest BCUT2D eigenvalue weighted by Crippen LogP contribution is 2.36. The summed E-state index contributed by atoms with van der Waals surface area (Å²) in [5, 5.41) is 15.8. The van der Waals surface area contributed by atoms with Gasteiger partial charge in [-0.3, -0.25) is 4.68 Å². The predicted octanol–water partition coefficient (Wildman–Crippen LogP) is 4.34. The van der Waals surface area contributed by atoms with Gasteiger partial charge < -0.3 is 15.4 Å². The Morgan fingerprint density at radius 3 is 2.40 bits per heavy atom. The molecule has 188 valence electrons. The summed E-state index contributed by atoms with van der Waals surface area (Å²) in [6.45, 7) is 2.95. The second-order valence-electron chi connectivity index (χ2n) is 7.25. The lowest BCUT2D eigenvalue weighted by Gasteiger charge is -2.13. The van der Waals surface area contributed by atoms with Crippen molar-refractivity contribution in [3.63, 3.8) is 0 Å². The molecular formula is C20H19F6N7O2. The number of urea groups is 1. The van der Waals surface area contributed by atoms with Crippen molar-refractivity contribution in [2.75, 3.05) is 11.9 Å². The van der Waals surface area contributed by atoms with E-state index in [1.807, 2.05) is 0 Å². The molecule has 0 saturated carbocycles. The van der Waals surface area contributed by atoms with Crippen LogP contribution in [0.3, 0.4) is 0 Å². The highest BCUT2D eigenvalue weighted by atomic mass is 19.4. The minimum absolute atomic E-state index is 0.0291. The summed E-state index contributed by atoms with van der Waals surface area (Å²) in [5.74, 6) is -0.316. The largest absolute Gasteiger partial charge is 0.478 e. The Labute approximate surface area is 194 Å². The third-order valence-electron chi connectivity index (χ3n) is 4.46. The number of halogens is 6. The monoisotopic (exact) mass is 503 g/mol. The van der Waals surface area contributed by atoms with Gasteiger partial charge in [0.15, 0.2) is 11.4 Å². The molecule has 0 aromatic carbocycles. The van der Waals surface area contributed by atoms with E-state index in [0.29, 0.717) is 11.6 Å². The van der Waals surface area contributed by atoms with Crippen LogP contribution in [0.5, 0.6) is 5.88 Å². The number of alkyl halides is 6. The van der Waals surface area contributed by atoms with Crippen LogP contribution in [-0.4, -0.2) is 37.6 Å². The smallest absolute Gasteiger partial charge is 0.435 e. The number of aromatic nitrogens is 5. The number of ether oxygens (including phenoxy) is 1. The molecule has 0 radical (unpaired) electrons. The van der Waals surface area contributed by atoms with Crippen LogP contribution in [-0.2, 0) is 25.9 Å². The molecule has 0 aliphatic rings. The van der Waals surface area contributed by atoms with E-state index in [0.717, 1.165) is 10.7 Å². The topological polar surface area (TPSA) is 107 Å². The SMILES string of the molecule is CCOc1cc(NC(=O)NCc2cc(C)c(-c3cn(C)nc3C(F)(F)F)nn2)cc(C(F)(F)F)n1. The first-order valence-corrected chi connectivity index (χ1v) is 9.99.